The van der Waals surface area contributed by atoms with Gasteiger partial charge < -0.3 is 10.6 Å². The molecule has 0 amide bonds. The molecular weight excluding hydrogens is 196 g/mol. The molecule has 0 aliphatic rings. The third-order valence-corrected chi connectivity index (χ3v) is 2.66. The lowest BCUT2D eigenvalue weighted by Crippen LogP contribution is -2.17. The highest BCUT2D eigenvalue weighted by molar-refractivity contribution is 5.51. The van der Waals surface area contributed by atoms with Crippen LogP contribution >= 0.6 is 0 Å². The molecule has 0 atom stereocenters. The van der Waals surface area contributed by atoms with Crippen molar-refractivity contribution in [1.29, 1.82) is 0 Å². The van der Waals surface area contributed by atoms with E-state index >= 15 is 0 Å². The molecule has 0 spiro atoms. The number of nitrogen functional groups attached to an aromatic ring is 1. The van der Waals surface area contributed by atoms with Crippen molar-refractivity contribution in [3.63, 3.8) is 0 Å². The van der Waals surface area contributed by atoms with E-state index in [4.69, 9.17) is 5.73 Å². The minimum Gasteiger partial charge on any atom is -0.398 e. The molecule has 16 heavy (non-hydrogen) atoms. The van der Waals surface area contributed by atoms with Gasteiger partial charge in [0.05, 0.1) is 0 Å². The SMILES string of the molecule is CN(Cc1ccccc1N)c1ccccc1. The quantitative estimate of drug-likeness (QED) is 0.793. The van der Waals surface area contributed by atoms with Crippen molar-refractivity contribution >= 4 is 11.4 Å². The number of benzene rings is 2. The smallest absolute Gasteiger partial charge is 0.0446 e. The Morgan fingerprint density at radius 3 is 2.25 bits per heavy atom. The molecule has 0 aliphatic carbocycles. The maximum Gasteiger partial charge on any atom is 0.0446 e. The standard InChI is InChI=1S/C14H16N2/c1-16(13-8-3-2-4-9-13)11-12-7-5-6-10-14(12)15/h2-10H,11,15H2,1H3. The van der Waals surface area contributed by atoms with Gasteiger partial charge in [0.2, 0.25) is 0 Å². The van der Waals surface area contributed by atoms with Crippen molar-refractivity contribution in [2.75, 3.05) is 17.7 Å². The summed E-state index contributed by atoms with van der Waals surface area (Å²) in [6.07, 6.45) is 0. The van der Waals surface area contributed by atoms with Gasteiger partial charge in [0.1, 0.15) is 0 Å². The Hall–Kier alpha value is -1.96. The van der Waals surface area contributed by atoms with Gasteiger partial charge >= 0.3 is 0 Å². The highest BCUT2D eigenvalue weighted by Crippen LogP contribution is 2.17. The van der Waals surface area contributed by atoms with Crippen LogP contribution in [0.2, 0.25) is 0 Å². The van der Waals surface area contributed by atoms with Gasteiger partial charge in [-0.05, 0) is 23.8 Å². The Bertz CT molecular complexity index is 451. The first-order valence-corrected chi connectivity index (χ1v) is 5.37. The molecule has 2 heteroatoms. The number of para-hydroxylation sites is 2. The largest absolute Gasteiger partial charge is 0.398 e. The van der Waals surface area contributed by atoms with Crippen molar-refractivity contribution in [2.24, 2.45) is 0 Å². The van der Waals surface area contributed by atoms with Crippen molar-refractivity contribution in [2.45, 2.75) is 6.54 Å². The van der Waals surface area contributed by atoms with Gasteiger partial charge in [-0.2, -0.15) is 0 Å². The van der Waals surface area contributed by atoms with E-state index in [9.17, 15) is 0 Å². The van der Waals surface area contributed by atoms with E-state index in [0.717, 1.165) is 17.8 Å². The second kappa shape index (κ2) is 4.71. The normalized spacial score (nSPS) is 10.1. The number of nitrogens with two attached hydrogens (primary N) is 1. The number of hydrogen-bond donors (Lipinski definition) is 1. The maximum atomic E-state index is 5.92. The zero-order valence-electron chi connectivity index (χ0n) is 9.43. The van der Waals surface area contributed by atoms with Crippen LogP contribution in [0, 0.1) is 0 Å². The monoisotopic (exact) mass is 212 g/mol. The molecule has 82 valence electrons. The fraction of sp³-hybridized carbons (Fsp3) is 0.143. The molecular formula is C14H16N2. The van der Waals surface area contributed by atoms with Gasteiger partial charge in [-0.1, -0.05) is 36.4 Å². The van der Waals surface area contributed by atoms with E-state index < -0.39 is 0 Å². The van der Waals surface area contributed by atoms with Crippen LogP contribution in [0.25, 0.3) is 0 Å². The summed E-state index contributed by atoms with van der Waals surface area (Å²) >= 11 is 0. The van der Waals surface area contributed by atoms with E-state index in [1.54, 1.807) is 0 Å². The molecule has 0 radical (unpaired) electrons. The fourth-order valence-electron chi connectivity index (χ4n) is 1.71. The molecule has 2 rings (SSSR count). The second-order valence-electron chi connectivity index (χ2n) is 3.89. The first kappa shape index (κ1) is 10.6. The van der Waals surface area contributed by atoms with Crippen LogP contribution in [0.3, 0.4) is 0 Å². The van der Waals surface area contributed by atoms with Crippen molar-refractivity contribution < 1.29 is 0 Å². The molecule has 2 aromatic rings. The Balaban J connectivity index is 2.14. The van der Waals surface area contributed by atoms with Gasteiger partial charge in [0, 0.05) is 25.0 Å². The van der Waals surface area contributed by atoms with Crippen LogP contribution < -0.4 is 10.6 Å². The summed E-state index contributed by atoms with van der Waals surface area (Å²) in [7, 11) is 2.07. The summed E-state index contributed by atoms with van der Waals surface area (Å²) in [6.45, 7) is 0.830. The molecule has 0 aromatic heterocycles. The average molecular weight is 212 g/mol. The lowest BCUT2D eigenvalue weighted by Gasteiger charge is -2.20. The lowest BCUT2D eigenvalue weighted by molar-refractivity contribution is 0.925. The van der Waals surface area contributed by atoms with Gasteiger partial charge in [-0.15, -0.1) is 0 Å². The molecule has 0 aliphatic heterocycles. The van der Waals surface area contributed by atoms with Crippen LogP contribution in [0.4, 0.5) is 11.4 Å². The Labute approximate surface area is 96.3 Å². The highest BCUT2D eigenvalue weighted by Gasteiger charge is 2.03. The third-order valence-electron chi connectivity index (χ3n) is 2.66. The van der Waals surface area contributed by atoms with Crippen LogP contribution in [0.5, 0.6) is 0 Å². The van der Waals surface area contributed by atoms with Crippen molar-refractivity contribution in [1.82, 2.24) is 0 Å². The van der Waals surface area contributed by atoms with Crippen LogP contribution in [0.15, 0.2) is 54.6 Å². The summed E-state index contributed by atoms with van der Waals surface area (Å²) < 4.78 is 0. The number of rotatable bonds is 3. The topological polar surface area (TPSA) is 29.3 Å². The van der Waals surface area contributed by atoms with Gasteiger partial charge in [0.25, 0.3) is 0 Å². The molecule has 2 nitrogen and oxygen atoms in total. The second-order valence-corrected chi connectivity index (χ2v) is 3.89. The predicted molar refractivity (Wildman–Crippen MR) is 69.4 cm³/mol. The van der Waals surface area contributed by atoms with Crippen LogP contribution in [-0.2, 0) is 6.54 Å². The van der Waals surface area contributed by atoms with Crippen LogP contribution in [0.1, 0.15) is 5.56 Å². The minimum absolute atomic E-state index is 0.830. The Morgan fingerprint density at radius 1 is 0.938 bits per heavy atom. The molecule has 0 saturated carbocycles. The van der Waals surface area contributed by atoms with Crippen LogP contribution in [-0.4, -0.2) is 7.05 Å². The van der Waals surface area contributed by atoms with E-state index in [-0.39, 0.29) is 0 Å². The lowest BCUT2D eigenvalue weighted by atomic mass is 10.1. The maximum absolute atomic E-state index is 5.92. The number of anilines is 2. The molecule has 2 N–H and O–H groups in total. The van der Waals surface area contributed by atoms with E-state index in [2.05, 4.69) is 30.1 Å². The number of nitrogens with zero attached hydrogens (tertiary/aromatic N) is 1. The number of hydrogen-bond acceptors (Lipinski definition) is 2. The van der Waals surface area contributed by atoms with Crippen molar-refractivity contribution in [3.8, 4) is 0 Å². The fourth-order valence-corrected chi connectivity index (χ4v) is 1.71. The molecule has 0 saturated heterocycles. The van der Waals surface area contributed by atoms with E-state index in [1.165, 1.54) is 5.69 Å². The summed E-state index contributed by atoms with van der Waals surface area (Å²) in [5.74, 6) is 0. The van der Waals surface area contributed by atoms with Gasteiger partial charge in [-0.25, -0.2) is 0 Å². The molecule has 2 aromatic carbocycles. The predicted octanol–water partition coefficient (Wildman–Crippen LogP) is 2.91. The first-order chi connectivity index (χ1) is 7.77. The summed E-state index contributed by atoms with van der Waals surface area (Å²) in [6, 6.07) is 18.3. The molecule has 0 fully saturated rings. The average Bonchev–Trinajstić information content (AvgIpc) is 2.33. The Kier molecular flexibility index (Phi) is 3.10. The summed E-state index contributed by atoms with van der Waals surface area (Å²) in [5.41, 5.74) is 9.13. The highest BCUT2D eigenvalue weighted by atomic mass is 15.1. The zero-order valence-corrected chi connectivity index (χ0v) is 9.43. The Morgan fingerprint density at radius 2 is 1.56 bits per heavy atom. The molecule has 0 bridgehead atoms. The minimum atomic E-state index is 0.830. The van der Waals surface area contributed by atoms with Gasteiger partial charge in [0.15, 0.2) is 0 Å². The van der Waals surface area contributed by atoms with E-state index in [0.29, 0.717) is 0 Å². The zero-order chi connectivity index (χ0) is 11.4. The van der Waals surface area contributed by atoms with E-state index in [1.807, 2.05) is 36.4 Å². The molecule has 0 heterocycles. The van der Waals surface area contributed by atoms with Gasteiger partial charge in [-0.3, -0.25) is 0 Å². The molecule has 0 unspecified atom stereocenters. The summed E-state index contributed by atoms with van der Waals surface area (Å²) in [5, 5.41) is 0. The van der Waals surface area contributed by atoms with Crippen molar-refractivity contribution in [3.05, 3.63) is 60.2 Å². The summed E-state index contributed by atoms with van der Waals surface area (Å²) in [4.78, 5) is 2.19. The first-order valence-electron chi connectivity index (χ1n) is 5.37. The third kappa shape index (κ3) is 2.34.